The number of carbonyl (C=O) groups excluding carboxylic acids is 2. The second kappa shape index (κ2) is 5.44. The van der Waals surface area contributed by atoms with Crippen molar-refractivity contribution < 1.29 is 14.3 Å². The molecule has 2 heterocycles. The number of benzene rings is 1. The van der Waals surface area contributed by atoms with Gasteiger partial charge in [0.1, 0.15) is 5.69 Å². The van der Waals surface area contributed by atoms with Gasteiger partial charge in [0, 0.05) is 30.1 Å². The molecule has 1 N–H and O–H groups in total. The van der Waals surface area contributed by atoms with Gasteiger partial charge in [0.25, 0.3) is 5.91 Å². The van der Waals surface area contributed by atoms with Gasteiger partial charge in [0.2, 0.25) is 0 Å². The van der Waals surface area contributed by atoms with E-state index in [-0.39, 0.29) is 11.9 Å². The molecule has 108 valence electrons. The largest absolute Gasteiger partial charge is 0.463 e. The van der Waals surface area contributed by atoms with Crippen molar-refractivity contribution in [3.8, 4) is 0 Å². The second-order valence-electron chi connectivity index (χ2n) is 4.99. The lowest BCUT2D eigenvalue weighted by Crippen LogP contribution is -2.44. The first-order chi connectivity index (χ1) is 10.2. The number of nitrogens with one attached hydrogen (secondary N) is 1. The molecule has 1 amide bonds. The predicted octanol–water partition coefficient (Wildman–Crippen LogP) is 2.11. The number of H-pyrrole nitrogens is 1. The van der Waals surface area contributed by atoms with Crippen molar-refractivity contribution in [3.05, 3.63) is 47.7 Å². The maximum Gasteiger partial charge on any atom is 0.330 e. The first-order valence-corrected chi connectivity index (χ1v) is 6.90. The van der Waals surface area contributed by atoms with Crippen LogP contribution in [0, 0.1) is 0 Å². The van der Waals surface area contributed by atoms with Gasteiger partial charge in [-0.25, -0.2) is 4.79 Å². The summed E-state index contributed by atoms with van der Waals surface area (Å²) in [5.74, 6) is -0.391. The summed E-state index contributed by atoms with van der Waals surface area (Å²) < 4.78 is 4.84. The highest BCUT2D eigenvalue weighted by Gasteiger charge is 2.27. The molecule has 1 aliphatic rings. The van der Waals surface area contributed by atoms with E-state index < -0.39 is 0 Å². The van der Waals surface area contributed by atoms with Gasteiger partial charge in [0.05, 0.1) is 6.61 Å². The highest BCUT2D eigenvalue weighted by Crippen LogP contribution is 2.20. The van der Waals surface area contributed by atoms with E-state index in [1.54, 1.807) is 11.8 Å². The molecule has 1 saturated heterocycles. The van der Waals surface area contributed by atoms with Crippen LogP contribution < -0.4 is 0 Å². The highest BCUT2D eigenvalue weighted by atomic mass is 16.5. The molecular formula is C16H16N2O3. The van der Waals surface area contributed by atoms with E-state index in [9.17, 15) is 9.59 Å². The molecule has 5 heteroatoms. The number of likely N-dealkylation sites (tertiary alicyclic amines) is 1. The fraction of sp³-hybridized carbons (Fsp3) is 0.250. The minimum Gasteiger partial charge on any atom is -0.463 e. The van der Waals surface area contributed by atoms with Crippen LogP contribution in [0.2, 0.25) is 0 Å². The first-order valence-electron chi connectivity index (χ1n) is 6.90. The molecule has 1 aromatic carbocycles. The van der Waals surface area contributed by atoms with Gasteiger partial charge >= 0.3 is 5.97 Å². The Kier molecular flexibility index (Phi) is 3.48. The third kappa shape index (κ3) is 2.67. The standard InChI is InChI=1S/C16H16N2O3/c1-2-21-15(19)7-11-9-18(10-11)16(20)14-8-12-5-3-4-6-13(12)17-14/h3-8,17H,2,9-10H2,1H3. The number of hydrogen-bond donors (Lipinski definition) is 1. The van der Waals surface area contributed by atoms with E-state index in [0.29, 0.717) is 25.4 Å². The molecule has 0 bridgehead atoms. The van der Waals surface area contributed by atoms with Crippen LogP contribution in [0.25, 0.3) is 10.9 Å². The van der Waals surface area contributed by atoms with Gasteiger partial charge < -0.3 is 14.6 Å². The average molecular weight is 284 g/mol. The molecule has 5 nitrogen and oxygen atoms in total. The zero-order valence-electron chi connectivity index (χ0n) is 11.8. The smallest absolute Gasteiger partial charge is 0.330 e. The average Bonchev–Trinajstić information content (AvgIpc) is 2.86. The third-order valence-electron chi connectivity index (χ3n) is 3.44. The number of amides is 1. The Labute approximate surface area is 122 Å². The second-order valence-corrected chi connectivity index (χ2v) is 4.99. The van der Waals surface area contributed by atoms with Gasteiger partial charge in [-0.2, -0.15) is 0 Å². The number of rotatable bonds is 3. The molecule has 0 aliphatic carbocycles. The van der Waals surface area contributed by atoms with Crippen LogP contribution in [-0.2, 0) is 9.53 Å². The zero-order chi connectivity index (χ0) is 14.8. The molecule has 21 heavy (non-hydrogen) atoms. The molecular weight excluding hydrogens is 268 g/mol. The fourth-order valence-electron chi connectivity index (χ4n) is 2.39. The van der Waals surface area contributed by atoms with Crippen molar-refractivity contribution in [2.45, 2.75) is 6.92 Å². The van der Waals surface area contributed by atoms with Crippen LogP contribution >= 0.6 is 0 Å². The number of esters is 1. The number of ether oxygens (including phenoxy) is 1. The molecule has 1 aliphatic heterocycles. The van der Waals surface area contributed by atoms with E-state index in [4.69, 9.17) is 4.74 Å². The van der Waals surface area contributed by atoms with Crippen molar-refractivity contribution >= 4 is 22.8 Å². The van der Waals surface area contributed by atoms with Crippen LogP contribution in [0.1, 0.15) is 17.4 Å². The van der Waals surface area contributed by atoms with Crippen LogP contribution in [0.5, 0.6) is 0 Å². The topological polar surface area (TPSA) is 62.4 Å². The lowest BCUT2D eigenvalue weighted by Gasteiger charge is -2.33. The quantitative estimate of drug-likeness (QED) is 0.693. The van der Waals surface area contributed by atoms with Gasteiger partial charge in [-0.1, -0.05) is 18.2 Å². The molecule has 2 aromatic rings. The van der Waals surface area contributed by atoms with Crippen LogP contribution in [0.4, 0.5) is 0 Å². The van der Waals surface area contributed by atoms with Gasteiger partial charge in [-0.05, 0) is 24.6 Å². The lowest BCUT2D eigenvalue weighted by molar-refractivity contribution is -0.137. The molecule has 0 spiro atoms. The summed E-state index contributed by atoms with van der Waals surface area (Å²) in [7, 11) is 0. The predicted molar refractivity (Wildman–Crippen MR) is 78.9 cm³/mol. The Hall–Kier alpha value is -2.56. The van der Waals surface area contributed by atoms with Crippen LogP contribution in [0.15, 0.2) is 42.0 Å². The van der Waals surface area contributed by atoms with E-state index >= 15 is 0 Å². The zero-order valence-corrected chi connectivity index (χ0v) is 11.8. The van der Waals surface area contributed by atoms with E-state index in [1.807, 2.05) is 30.3 Å². The van der Waals surface area contributed by atoms with Crippen molar-refractivity contribution in [3.63, 3.8) is 0 Å². The maximum atomic E-state index is 12.3. The number of para-hydroxylation sites is 1. The maximum absolute atomic E-state index is 12.3. The summed E-state index contributed by atoms with van der Waals surface area (Å²) in [5, 5.41) is 1.02. The fourth-order valence-corrected chi connectivity index (χ4v) is 2.39. The number of nitrogens with zero attached hydrogens (tertiary/aromatic N) is 1. The van der Waals surface area contributed by atoms with Crippen molar-refractivity contribution in [1.82, 2.24) is 9.88 Å². The third-order valence-corrected chi connectivity index (χ3v) is 3.44. The van der Waals surface area contributed by atoms with Crippen LogP contribution in [0.3, 0.4) is 0 Å². The monoisotopic (exact) mass is 284 g/mol. The van der Waals surface area contributed by atoms with Gasteiger partial charge in [-0.15, -0.1) is 0 Å². The van der Waals surface area contributed by atoms with Gasteiger partial charge in [-0.3, -0.25) is 4.79 Å². The van der Waals surface area contributed by atoms with Gasteiger partial charge in [0.15, 0.2) is 0 Å². The molecule has 1 fully saturated rings. The van der Waals surface area contributed by atoms with Crippen molar-refractivity contribution in [2.24, 2.45) is 0 Å². The van der Waals surface area contributed by atoms with E-state index in [2.05, 4.69) is 4.98 Å². The van der Waals surface area contributed by atoms with Crippen molar-refractivity contribution in [1.29, 1.82) is 0 Å². The molecule has 0 atom stereocenters. The molecule has 1 aromatic heterocycles. The number of carbonyl (C=O) groups is 2. The van der Waals surface area contributed by atoms with Crippen LogP contribution in [-0.4, -0.2) is 41.5 Å². The SMILES string of the molecule is CCOC(=O)C=C1CN(C(=O)c2cc3ccccc3[nH]2)C1. The Morgan fingerprint density at radius 1 is 1.33 bits per heavy atom. The minimum atomic E-state index is -0.342. The Morgan fingerprint density at radius 3 is 2.81 bits per heavy atom. The summed E-state index contributed by atoms with van der Waals surface area (Å²) in [6, 6.07) is 9.62. The lowest BCUT2D eigenvalue weighted by atomic mass is 10.1. The van der Waals surface area contributed by atoms with E-state index in [0.717, 1.165) is 16.5 Å². The highest BCUT2D eigenvalue weighted by molar-refractivity contribution is 5.99. The Morgan fingerprint density at radius 2 is 2.10 bits per heavy atom. The molecule has 0 saturated carbocycles. The molecule has 0 unspecified atom stereocenters. The summed E-state index contributed by atoms with van der Waals surface area (Å²) in [4.78, 5) is 28.4. The summed E-state index contributed by atoms with van der Waals surface area (Å²) in [6.07, 6.45) is 1.47. The molecule has 0 radical (unpaired) electrons. The first kappa shape index (κ1) is 13.4. The van der Waals surface area contributed by atoms with E-state index in [1.165, 1.54) is 6.08 Å². The summed E-state index contributed by atoms with van der Waals surface area (Å²) in [6.45, 7) is 3.09. The summed E-state index contributed by atoms with van der Waals surface area (Å²) in [5.41, 5.74) is 2.44. The normalized spacial score (nSPS) is 14.0. The summed E-state index contributed by atoms with van der Waals surface area (Å²) >= 11 is 0. The number of aromatic nitrogens is 1. The number of hydrogen-bond acceptors (Lipinski definition) is 3. The number of aromatic amines is 1. The van der Waals surface area contributed by atoms with Crippen molar-refractivity contribution in [2.75, 3.05) is 19.7 Å². The minimum absolute atomic E-state index is 0.0489. The molecule has 3 rings (SSSR count). The Bertz CT molecular complexity index is 689. The Balaban J connectivity index is 1.67. The number of fused-ring (bicyclic) bond motifs is 1.